The molecule has 0 amide bonds. The summed E-state index contributed by atoms with van der Waals surface area (Å²) in [4.78, 5) is 20.3. The molecular formula is C13H22F3NO5. The lowest BCUT2D eigenvalue weighted by Gasteiger charge is -2.10. The van der Waals surface area contributed by atoms with E-state index in [1.807, 2.05) is 0 Å². The molecular weight excluding hydrogens is 307 g/mol. The van der Waals surface area contributed by atoms with Crippen LogP contribution in [0.1, 0.15) is 32.6 Å². The Morgan fingerprint density at radius 2 is 1.91 bits per heavy atom. The van der Waals surface area contributed by atoms with E-state index in [1.54, 1.807) is 0 Å². The van der Waals surface area contributed by atoms with Crippen LogP contribution in [0.2, 0.25) is 0 Å². The molecule has 1 saturated heterocycles. The highest BCUT2D eigenvalue weighted by Gasteiger charge is 2.38. The van der Waals surface area contributed by atoms with E-state index in [2.05, 4.69) is 12.2 Å². The molecule has 0 saturated carbocycles. The molecule has 1 aliphatic heterocycles. The third-order valence-electron chi connectivity index (χ3n) is 2.70. The molecule has 1 heterocycles. The normalized spacial score (nSPS) is 17.5. The van der Waals surface area contributed by atoms with Crippen molar-refractivity contribution in [3.8, 4) is 0 Å². The van der Waals surface area contributed by atoms with E-state index >= 15 is 0 Å². The SMILES string of the molecule is CCCCOCCOC(=O)C1CCCN1.O=C(O)C(F)(F)F. The Balaban J connectivity index is 0.000000534. The second-order valence-corrected chi connectivity index (χ2v) is 4.59. The fourth-order valence-corrected chi connectivity index (χ4v) is 1.54. The van der Waals surface area contributed by atoms with Crippen LogP contribution in [0, 0.1) is 0 Å². The second kappa shape index (κ2) is 11.2. The Labute approximate surface area is 127 Å². The van der Waals surface area contributed by atoms with Gasteiger partial charge < -0.3 is 19.9 Å². The first-order valence-electron chi connectivity index (χ1n) is 7.07. The van der Waals surface area contributed by atoms with Crippen molar-refractivity contribution in [2.45, 2.75) is 44.8 Å². The van der Waals surface area contributed by atoms with Crippen molar-refractivity contribution in [1.29, 1.82) is 0 Å². The van der Waals surface area contributed by atoms with E-state index in [-0.39, 0.29) is 12.0 Å². The highest BCUT2D eigenvalue weighted by molar-refractivity contribution is 5.76. The summed E-state index contributed by atoms with van der Waals surface area (Å²) in [5.41, 5.74) is 0. The summed E-state index contributed by atoms with van der Waals surface area (Å²) in [5, 5.41) is 10.2. The van der Waals surface area contributed by atoms with Crippen molar-refractivity contribution in [1.82, 2.24) is 5.32 Å². The number of carboxylic acids is 1. The van der Waals surface area contributed by atoms with E-state index in [9.17, 15) is 18.0 Å². The summed E-state index contributed by atoms with van der Waals surface area (Å²) in [6.07, 6.45) is -0.924. The van der Waals surface area contributed by atoms with Gasteiger partial charge in [0, 0.05) is 6.61 Å². The number of halogens is 3. The highest BCUT2D eigenvalue weighted by Crippen LogP contribution is 2.13. The molecule has 0 bridgehead atoms. The maximum absolute atomic E-state index is 11.4. The molecule has 0 spiro atoms. The number of hydrogen-bond donors (Lipinski definition) is 2. The van der Waals surface area contributed by atoms with Gasteiger partial charge in [0.15, 0.2) is 0 Å². The molecule has 1 rings (SSSR count). The van der Waals surface area contributed by atoms with Crippen molar-refractivity contribution in [2.24, 2.45) is 0 Å². The first kappa shape index (κ1) is 20.6. The standard InChI is InChI=1S/C11H21NO3.C2HF3O2/c1-2-3-7-14-8-9-15-11(13)10-5-4-6-12-10;3-2(4,5)1(6)7/h10,12H,2-9H2,1H3;(H,6,7). The average Bonchev–Trinajstić information content (AvgIpc) is 2.96. The van der Waals surface area contributed by atoms with E-state index in [0.717, 1.165) is 38.8 Å². The van der Waals surface area contributed by atoms with Crippen LogP contribution < -0.4 is 5.32 Å². The van der Waals surface area contributed by atoms with Crippen LogP contribution in [0.25, 0.3) is 0 Å². The second-order valence-electron chi connectivity index (χ2n) is 4.59. The molecule has 1 atom stereocenters. The van der Waals surface area contributed by atoms with E-state index in [4.69, 9.17) is 19.4 Å². The monoisotopic (exact) mass is 329 g/mol. The maximum Gasteiger partial charge on any atom is 0.490 e. The number of aliphatic carboxylic acids is 1. The Morgan fingerprint density at radius 1 is 1.27 bits per heavy atom. The van der Waals surface area contributed by atoms with Crippen LogP contribution in [0.15, 0.2) is 0 Å². The smallest absolute Gasteiger partial charge is 0.475 e. The van der Waals surface area contributed by atoms with Crippen molar-refractivity contribution in [3.05, 3.63) is 0 Å². The zero-order chi connectivity index (χ0) is 17.0. The number of carbonyl (C=O) groups is 2. The third-order valence-corrected chi connectivity index (χ3v) is 2.70. The van der Waals surface area contributed by atoms with Gasteiger partial charge in [-0.15, -0.1) is 0 Å². The van der Waals surface area contributed by atoms with Gasteiger partial charge in [0.05, 0.1) is 6.61 Å². The molecule has 22 heavy (non-hydrogen) atoms. The number of rotatable bonds is 7. The third kappa shape index (κ3) is 10.4. The minimum Gasteiger partial charge on any atom is -0.475 e. The number of carbonyl (C=O) groups excluding carboxylic acids is 1. The van der Waals surface area contributed by atoms with Gasteiger partial charge in [-0.25, -0.2) is 4.79 Å². The Bertz CT molecular complexity index is 330. The molecule has 6 nitrogen and oxygen atoms in total. The van der Waals surface area contributed by atoms with Gasteiger partial charge in [0.25, 0.3) is 0 Å². The summed E-state index contributed by atoms with van der Waals surface area (Å²) in [6.45, 7) is 4.69. The van der Waals surface area contributed by atoms with Crippen LogP contribution in [0.4, 0.5) is 13.2 Å². The van der Waals surface area contributed by atoms with Gasteiger partial charge in [-0.05, 0) is 25.8 Å². The van der Waals surface area contributed by atoms with Gasteiger partial charge in [0.2, 0.25) is 0 Å². The minimum atomic E-state index is -5.08. The molecule has 0 aromatic heterocycles. The number of esters is 1. The van der Waals surface area contributed by atoms with E-state index in [0.29, 0.717) is 13.2 Å². The number of carboxylic acid groups (broad SMARTS) is 1. The van der Waals surface area contributed by atoms with Crippen LogP contribution in [-0.2, 0) is 19.1 Å². The van der Waals surface area contributed by atoms with Crippen molar-refractivity contribution in [2.75, 3.05) is 26.4 Å². The first-order valence-corrected chi connectivity index (χ1v) is 7.07. The van der Waals surface area contributed by atoms with Gasteiger partial charge >= 0.3 is 18.1 Å². The molecule has 1 aliphatic rings. The number of alkyl halides is 3. The lowest BCUT2D eigenvalue weighted by Crippen LogP contribution is -2.33. The Morgan fingerprint density at radius 3 is 2.36 bits per heavy atom. The zero-order valence-electron chi connectivity index (χ0n) is 12.4. The van der Waals surface area contributed by atoms with Crippen LogP contribution in [0.3, 0.4) is 0 Å². The van der Waals surface area contributed by atoms with Crippen LogP contribution in [0.5, 0.6) is 0 Å². The maximum atomic E-state index is 11.4. The molecule has 0 aromatic rings. The number of hydrogen-bond acceptors (Lipinski definition) is 5. The summed E-state index contributed by atoms with van der Waals surface area (Å²) in [5.74, 6) is -2.89. The molecule has 1 fully saturated rings. The molecule has 9 heteroatoms. The van der Waals surface area contributed by atoms with Crippen LogP contribution >= 0.6 is 0 Å². The van der Waals surface area contributed by atoms with Crippen molar-refractivity contribution >= 4 is 11.9 Å². The van der Waals surface area contributed by atoms with Crippen LogP contribution in [-0.4, -0.2) is 55.6 Å². The fourth-order valence-electron chi connectivity index (χ4n) is 1.54. The minimum absolute atomic E-state index is 0.0827. The Kier molecular flexibility index (Phi) is 10.6. The van der Waals surface area contributed by atoms with Crippen molar-refractivity contribution < 1.29 is 37.3 Å². The molecule has 0 aliphatic carbocycles. The molecule has 2 N–H and O–H groups in total. The highest BCUT2D eigenvalue weighted by atomic mass is 19.4. The van der Waals surface area contributed by atoms with Gasteiger partial charge in [0.1, 0.15) is 12.6 Å². The zero-order valence-corrected chi connectivity index (χ0v) is 12.4. The molecule has 130 valence electrons. The largest absolute Gasteiger partial charge is 0.490 e. The number of ether oxygens (including phenoxy) is 2. The molecule has 0 radical (unpaired) electrons. The van der Waals surface area contributed by atoms with E-state index < -0.39 is 12.1 Å². The topological polar surface area (TPSA) is 84.9 Å². The predicted octanol–water partition coefficient (Wildman–Crippen LogP) is 1.73. The predicted molar refractivity (Wildman–Crippen MR) is 71.4 cm³/mol. The van der Waals surface area contributed by atoms with Gasteiger partial charge in [-0.2, -0.15) is 13.2 Å². The average molecular weight is 329 g/mol. The fraction of sp³-hybridized carbons (Fsp3) is 0.846. The lowest BCUT2D eigenvalue weighted by atomic mass is 10.2. The first-order chi connectivity index (χ1) is 10.3. The number of unbranched alkanes of at least 4 members (excludes halogenated alkanes) is 1. The van der Waals surface area contributed by atoms with Gasteiger partial charge in [-0.3, -0.25) is 4.79 Å². The van der Waals surface area contributed by atoms with Gasteiger partial charge in [-0.1, -0.05) is 13.3 Å². The summed E-state index contributed by atoms with van der Waals surface area (Å²) in [7, 11) is 0. The molecule has 0 aromatic carbocycles. The quantitative estimate of drug-likeness (QED) is 0.547. The summed E-state index contributed by atoms with van der Waals surface area (Å²) in [6, 6.07) is -0.0827. The van der Waals surface area contributed by atoms with E-state index in [1.165, 1.54) is 0 Å². The molecule has 1 unspecified atom stereocenters. The van der Waals surface area contributed by atoms with Crippen molar-refractivity contribution in [3.63, 3.8) is 0 Å². The number of nitrogens with one attached hydrogen (secondary N) is 1. The summed E-state index contributed by atoms with van der Waals surface area (Å²) < 4.78 is 42.1. The summed E-state index contributed by atoms with van der Waals surface area (Å²) >= 11 is 0. The lowest BCUT2D eigenvalue weighted by molar-refractivity contribution is -0.192. The Hall–Kier alpha value is -1.35.